The third-order valence-corrected chi connectivity index (χ3v) is 18.6. The van der Waals surface area contributed by atoms with Gasteiger partial charge in [-0.1, -0.05) is 63.1 Å². The Bertz CT molecular complexity index is 3030. The highest BCUT2D eigenvalue weighted by Gasteiger charge is 2.50. The Kier molecular flexibility index (Phi) is 27.9. The van der Waals surface area contributed by atoms with Crippen molar-refractivity contribution < 1.29 is 70.2 Å². The van der Waals surface area contributed by atoms with Gasteiger partial charge in [-0.15, -0.1) is 0 Å². The van der Waals surface area contributed by atoms with Crippen LogP contribution in [0.15, 0.2) is 108 Å². The van der Waals surface area contributed by atoms with E-state index in [1.54, 1.807) is 48.5 Å². The molecule has 1 fully saturated rings. The Morgan fingerprint density at radius 3 is 1.89 bits per heavy atom. The monoisotopic (exact) mass is 1240 g/mol. The average molecular weight is 1240 g/mol. The highest BCUT2D eigenvalue weighted by atomic mass is 32.2. The van der Waals surface area contributed by atoms with E-state index in [1.807, 2.05) is 56.3 Å². The molecule has 0 aliphatic carbocycles. The van der Waals surface area contributed by atoms with E-state index in [0.29, 0.717) is 128 Å². The summed E-state index contributed by atoms with van der Waals surface area (Å²) in [7, 11) is 0.0677. The number of benzene rings is 4. The molecule has 5 aromatic carbocycles. The maximum Gasteiger partial charge on any atom is 0.226 e. The Balaban J connectivity index is 0.672. The van der Waals surface area contributed by atoms with E-state index in [0.717, 1.165) is 40.9 Å². The van der Waals surface area contributed by atoms with Crippen molar-refractivity contribution in [1.29, 1.82) is 0 Å². The van der Waals surface area contributed by atoms with Crippen LogP contribution in [0.3, 0.4) is 0 Å². The van der Waals surface area contributed by atoms with Gasteiger partial charge in [0.1, 0.15) is 11.6 Å². The number of rotatable bonds is 39. The summed E-state index contributed by atoms with van der Waals surface area (Å²) in [6, 6.07) is 35.1. The minimum Gasteiger partial charge on any atom is -0.392 e. The fourth-order valence-corrected chi connectivity index (χ4v) is 13.9. The number of nitrogens with one attached hydrogen (secondary N) is 2. The van der Waals surface area contributed by atoms with Gasteiger partial charge in [0, 0.05) is 73.0 Å². The second-order valence-electron chi connectivity index (χ2n) is 22.8. The summed E-state index contributed by atoms with van der Waals surface area (Å²) in [5.41, 5.74) is 5.08. The molecule has 2 aliphatic rings. The molecule has 7 rings (SSSR count). The summed E-state index contributed by atoms with van der Waals surface area (Å²) in [5, 5.41) is 29.1. The number of anilines is 3. The van der Waals surface area contributed by atoms with E-state index in [4.69, 9.17) is 33.2 Å². The molecule has 0 saturated carbocycles. The lowest BCUT2D eigenvalue weighted by Crippen LogP contribution is -2.57. The lowest BCUT2D eigenvalue weighted by molar-refractivity contribution is -0.122. The molecule has 88 heavy (non-hydrogen) atoms. The number of carbonyl (C=O) groups excluding carboxylic acids is 2. The fourth-order valence-electron chi connectivity index (χ4n) is 11.6. The van der Waals surface area contributed by atoms with Gasteiger partial charge < -0.3 is 63.8 Å². The SMILES string of the molecule is CCCCC1(CC)CS(=O)(=O)c2ccc(N(C)C)cc2C(c2cccc(NC(=O)CCOCCOCCOCCOCCOCCOCCOCCC(=O)NCc3cc#cc(C4C(CCC(O)c5ccc(F)cc5)C(C)N4c4ccc(F)cc4)c3)c2)C1O. The molecule has 7 unspecified atom stereocenters. The molecule has 5 aromatic rings. The van der Waals surface area contributed by atoms with Crippen LogP contribution in [-0.2, 0) is 59.1 Å². The van der Waals surface area contributed by atoms with Gasteiger partial charge in [-0.05, 0) is 134 Å². The maximum absolute atomic E-state index is 14.0. The molecule has 0 spiro atoms. The van der Waals surface area contributed by atoms with Crippen molar-refractivity contribution in [1.82, 2.24) is 5.32 Å². The predicted molar refractivity (Wildman–Crippen MR) is 334 cm³/mol. The molecule has 2 amide bonds. The number of aliphatic hydroxyl groups is 2. The second kappa shape index (κ2) is 35.3. The van der Waals surface area contributed by atoms with E-state index >= 15 is 0 Å². The van der Waals surface area contributed by atoms with Crippen molar-refractivity contribution in [2.75, 3.05) is 127 Å². The van der Waals surface area contributed by atoms with Gasteiger partial charge in [0.05, 0.1) is 128 Å². The number of amides is 2. The Labute approximate surface area is 519 Å². The number of unbranched alkanes of at least 4 members (excludes halogenated alkanes) is 1. The summed E-state index contributed by atoms with van der Waals surface area (Å²) < 4.78 is 94.7. The Morgan fingerprint density at radius 2 is 1.32 bits per heavy atom. The first-order valence-corrected chi connectivity index (χ1v) is 32.5. The first kappa shape index (κ1) is 69.4. The number of fused-ring (bicyclic) bond motifs is 1. The molecule has 2 aliphatic heterocycles. The smallest absolute Gasteiger partial charge is 0.226 e. The number of aliphatic hydroxyl groups excluding tert-OH is 2. The summed E-state index contributed by atoms with van der Waals surface area (Å²) in [5.74, 6) is -1.71. The number of hydrogen-bond donors (Lipinski definition) is 4. The predicted octanol–water partition coefficient (Wildman–Crippen LogP) is 9.73. The van der Waals surface area contributed by atoms with Crippen molar-refractivity contribution in [3.8, 4) is 0 Å². The van der Waals surface area contributed by atoms with Crippen molar-refractivity contribution in [3.05, 3.63) is 155 Å². The molecule has 2 heterocycles. The topological polar surface area (TPSA) is 204 Å². The van der Waals surface area contributed by atoms with Crippen molar-refractivity contribution >= 4 is 38.7 Å². The number of hydrogen-bond acceptors (Lipinski definition) is 15. The zero-order valence-corrected chi connectivity index (χ0v) is 52.5. The molecule has 1 saturated heterocycles. The highest BCUT2D eigenvalue weighted by molar-refractivity contribution is 7.91. The molecule has 0 radical (unpaired) electrons. The van der Waals surface area contributed by atoms with Crippen LogP contribution in [0.1, 0.15) is 118 Å². The number of carbonyl (C=O) groups is 2. The van der Waals surface area contributed by atoms with E-state index in [2.05, 4.69) is 41.5 Å². The van der Waals surface area contributed by atoms with Crippen LogP contribution in [0.4, 0.5) is 25.8 Å². The van der Waals surface area contributed by atoms with Crippen LogP contribution >= 0.6 is 0 Å². The Morgan fingerprint density at radius 1 is 0.750 bits per heavy atom. The molecule has 4 N–H and O–H groups in total. The lowest BCUT2D eigenvalue weighted by Gasteiger charge is -2.56. The third kappa shape index (κ3) is 20.2. The molecule has 0 bridgehead atoms. The highest BCUT2D eigenvalue weighted by Crippen LogP contribution is 2.51. The standard InChI is InChI=1S/C68H90F2N4O13S/c1-6-8-29-68(7-2)48-88(79,80)62-26-23-58(73(4)5)46-60(62)65(67(68)78)52-12-10-14-56(45-52)72-64(77)28-31-82-33-35-84-37-39-86-41-43-87-42-40-85-38-36-83-34-32-81-30-27-63(76)71-47-50-11-9-13-53(44-50)66-59(24-25-61(75)51-15-17-54(69)18-16-51)49(3)74(66)57-21-19-55(70)20-22-57/h10-12,14-23,26,44-46,49,59,61,65-67,75,78H,6-8,24-25,27-43,47-48H2,1-5H3,(H,71,76)(H,72,77). The van der Waals surface area contributed by atoms with Crippen molar-refractivity contribution in [3.63, 3.8) is 0 Å². The second-order valence-corrected chi connectivity index (χ2v) is 24.8. The van der Waals surface area contributed by atoms with Gasteiger partial charge in [-0.3, -0.25) is 9.59 Å². The van der Waals surface area contributed by atoms with Crippen LogP contribution in [0.2, 0.25) is 0 Å². The van der Waals surface area contributed by atoms with E-state index in [-0.39, 0.29) is 78.2 Å². The summed E-state index contributed by atoms with van der Waals surface area (Å²) >= 11 is 0. The fraction of sp³-hybridized carbons (Fsp3) is 0.529. The van der Waals surface area contributed by atoms with Gasteiger partial charge >= 0.3 is 0 Å². The normalized spacial score (nSPS) is 19.9. The zero-order chi connectivity index (χ0) is 62.9. The van der Waals surface area contributed by atoms with E-state index in [1.165, 1.54) is 24.3 Å². The molecule has 17 nitrogen and oxygen atoms in total. The first-order chi connectivity index (χ1) is 42.5. The molecule has 7 atom stereocenters. The molecular formula is C68H90F2N4O13S. The van der Waals surface area contributed by atoms with Gasteiger partial charge in [0.2, 0.25) is 11.8 Å². The summed E-state index contributed by atoms with van der Waals surface area (Å²) in [6.45, 7) is 11.3. The Hall–Kier alpha value is -6.09. The molecule has 480 valence electrons. The first-order valence-electron chi connectivity index (χ1n) is 30.9. The quantitative estimate of drug-likeness (QED) is 0.0271. The third-order valence-electron chi connectivity index (χ3n) is 16.6. The van der Waals surface area contributed by atoms with Gasteiger partial charge in [0.15, 0.2) is 9.84 Å². The average Bonchev–Trinajstić information content (AvgIpc) is 1.29. The summed E-state index contributed by atoms with van der Waals surface area (Å²) in [6.07, 6.45) is 2.50. The number of ether oxygens (including phenoxy) is 7. The maximum atomic E-state index is 14.0. The van der Waals surface area contributed by atoms with E-state index in [9.17, 15) is 37.0 Å². The number of halogens is 2. The van der Waals surface area contributed by atoms with Gasteiger partial charge in [-0.2, -0.15) is 0 Å². The van der Waals surface area contributed by atoms with Crippen LogP contribution in [0.5, 0.6) is 0 Å². The van der Waals surface area contributed by atoms with Gasteiger partial charge in [0.25, 0.3) is 0 Å². The largest absolute Gasteiger partial charge is 0.392 e. The summed E-state index contributed by atoms with van der Waals surface area (Å²) in [4.78, 5) is 30.1. The zero-order valence-electron chi connectivity index (χ0n) is 51.7. The van der Waals surface area contributed by atoms with Crippen LogP contribution in [0.25, 0.3) is 0 Å². The minimum absolute atomic E-state index is 0.0863. The number of nitrogens with zero attached hydrogens (tertiary/aromatic N) is 2. The molecule has 0 aromatic heterocycles. The minimum atomic E-state index is -3.73. The van der Waals surface area contributed by atoms with Crippen LogP contribution < -0.4 is 20.4 Å². The number of sulfone groups is 1. The van der Waals surface area contributed by atoms with Crippen LogP contribution in [0, 0.1) is 35.1 Å². The van der Waals surface area contributed by atoms with Gasteiger partial charge in [-0.25, -0.2) is 17.2 Å². The molecular weight excluding hydrogens is 1150 g/mol. The lowest BCUT2D eigenvalue weighted by atomic mass is 9.69. The van der Waals surface area contributed by atoms with Crippen LogP contribution in [-0.4, -0.2) is 155 Å². The van der Waals surface area contributed by atoms with Crippen molar-refractivity contribution in [2.24, 2.45) is 11.3 Å². The van der Waals surface area contributed by atoms with E-state index < -0.39 is 33.4 Å². The molecule has 20 heteroatoms. The van der Waals surface area contributed by atoms with Crippen molar-refractivity contribution in [2.45, 2.75) is 114 Å².